The lowest BCUT2D eigenvalue weighted by Gasteiger charge is -2.16. The maximum Gasteiger partial charge on any atom is 0.128 e. The summed E-state index contributed by atoms with van der Waals surface area (Å²) in [7, 11) is 0. The van der Waals surface area contributed by atoms with Crippen LogP contribution in [-0.2, 0) is 4.74 Å². The number of benzene rings is 1. The number of aromatic nitrogens is 2. The van der Waals surface area contributed by atoms with Gasteiger partial charge in [-0.25, -0.2) is 4.98 Å². The zero-order valence-corrected chi connectivity index (χ0v) is 11.4. The monoisotopic (exact) mass is 264 g/mol. The summed E-state index contributed by atoms with van der Waals surface area (Å²) >= 11 is 6.27. The minimum absolute atomic E-state index is 0.0849. The van der Waals surface area contributed by atoms with Crippen molar-refractivity contribution in [3.63, 3.8) is 0 Å². The Balaban J connectivity index is 2.22. The number of aryl methyl sites for hydroxylation is 1. The summed E-state index contributed by atoms with van der Waals surface area (Å²) in [6.45, 7) is 5.66. The van der Waals surface area contributed by atoms with Gasteiger partial charge < -0.3 is 9.30 Å². The van der Waals surface area contributed by atoms with E-state index >= 15 is 0 Å². The van der Waals surface area contributed by atoms with Crippen molar-refractivity contribution in [3.05, 3.63) is 29.6 Å². The van der Waals surface area contributed by atoms with Gasteiger partial charge in [-0.3, -0.25) is 0 Å². The molecule has 2 aromatic rings. The van der Waals surface area contributed by atoms with Crippen molar-refractivity contribution in [1.29, 1.82) is 0 Å². The van der Waals surface area contributed by atoms with Gasteiger partial charge in [-0.1, -0.05) is 6.07 Å². The molecular weight excluding hydrogens is 248 g/mol. The summed E-state index contributed by atoms with van der Waals surface area (Å²) in [5.41, 5.74) is 3.44. The quantitative estimate of drug-likeness (QED) is 0.775. The third-order valence-electron chi connectivity index (χ3n) is 3.50. The maximum atomic E-state index is 6.27. The van der Waals surface area contributed by atoms with Crippen LogP contribution in [0.5, 0.6) is 0 Å². The van der Waals surface area contributed by atoms with Gasteiger partial charge >= 0.3 is 0 Å². The first-order valence-electron chi connectivity index (χ1n) is 6.37. The summed E-state index contributed by atoms with van der Waals surface area (Å²) in [6.07, 6.45) is 1.04. The first-order valence-corrected chi connectivity index (χ1v) is 6.81. The van der Waals surface area contributed by atoms with Gasteiger partial charge in [0, 0.05) is 6.61 Å². The van der Waals surface area contributed by atoms with Crippen molar-refractivity contribution in [2.24, 2.45) is 0 Å². The predicted molar refractivity (Wildman–Crippen MR) is 73.2 cm³/mol. The summed E-state index contributed by atoms with van der Waals surface area (Å²) in [5, 5.41) is -0.0849. The van der Waals surface area contributed by atoms with Gasteiger partial charge in [-0.15, -0.1) is 11.6 Å². The molecule has 96 valence electrons. The van der Waals surface area contributed by atoms with Crippen molar-refractivity contribution < 1.29 is 4.74 Å². The Bertz CT molecular complexity index is 570. The van der Waals surface area contributed by atoms with E-state index in [0.717, 1.165) is 31.0 Å². The Morgan fingerprint density at radius 2 is 2.33 bits per heavy atom. The molecule has 0 spiro atoms. The number of nitrogens with zero attached hydrogens (tertiary/aromatic N) is 2. The fraction of sp³-hybridized carbons (Fsp3) is 0.500. The van der Waals surface area contributed by atoms with E-state index < -0.39 is 0 Å². The largest absolute Gasteiger partial charge is 0.379 e. The molecule has 4 heteroatoms. The maximum absolute atomic E-state index is 6.27. The molecule has 1 aromatic heterocycles. The van der Waals surface area contributed by atoms with E-state index in [9.17, 15) is 0 Å². The molecule has 0 bridgehead atoms. The highest BCUT2D eigenvalue weighted by molar-refractivity contribution is 6.20. The SMILES string of the molecule is Cc1ccc2nc(C(C)Cl)n(C3CCOC3)c2c1. The van der Waals surface area contributed by atoms with E-state index in [0.29, 0.717) is 6.04 Å². The van der Waals surface area contributed by atoms with E-state index in [-0.39, 0.29) is 5.38 Å². The van der Waals surface area contributed by atoms with E-state index in [2.05, 4.69) is 34.7 Å². The van der Waals surface area contributed by atoms with Crippen LogP contribution in [0.2, 0.25) is 0 Å². The van der Waals surface area contributed by atoms with Crippen LogP contribution in [-0.4, -0.2) is 22.8 Å². The van der Waals surface area contributed by atoms with Crippen molar-refractivity contribution in [1.82, 2.24) is 9.55 Å². The zero-order valence-electron chi connectivity index (χ0n) is 10.7. The molecule has 2 heterocycles. The summed E-state index contributed by atoms with van der Waals surface area (Å²) in [4.78, 5) is 4.67. The van der Waals surface area contributed by atoms with Crippen LogP contribution in [0.1, 0.15) is 36.2 Å². The summed E-state index contributed by atoms with van der Waals surface area (Å²) in [6, 6.07) is 6.71. The van der Waals surface area contributed by atoms with Crippen LogP contribution < -0.4 is 0 Å². The van der Waals surface area contributed by atoms with E-state index in [1.165, 1.54) is 11.1 Å². The lowest BCUT2D eigenvalue weighted by atomic mass is 10.2. The highest BCUT2D eigenvalue weighted by Crippen LogP contribution is 2.31. The van der Waals surface area contributed by atoms with Gasteiger partial charge in [0.05, 0.1) is 29.1 Å². The Morgan fingerprint density at radius 3 is 3.00 bits per heavy atom. The molecule has 3 rings (SSSR count). The second-order valence-electron chi connectivity index (χ2n) is 4.97. The number of fused-ring (bicyclic) bond motifs is 1. The second-order valence-corrected chi connectivity index (χ2v) is 5.62. The Morgan fingerprint density at radius 1 is 1.50 bits per heavy atom. The van der Waals surface area contributed by atoms with E-state index in [4.69, 9.17) is 16.3 Å². The third-order valence-corrected chi connectivity index (χ3v) is 3.69. The first kappa shape index (κ1) is 12.0. The van der Waals surface area contributed by atoms with Crippen LogP contribution in [0.25, 0.3) is 11.0 Å². The lowest BCUT2D eigenvalue weighted by Crippen LogP contribution is -2.12. The number of hydrogen-bond acceptors (Lipinski definition) is 2. The number of ether oxygens (including phenoxy) is 1. The molecule has 3 nitrogen and oxygen atoms in total. The number of alkyl halides is 1. The highest BCUT2D eigenvalue weighted by Gasteiger charge is 2.24. The summed E-state index contributed by atoms with van der Waals surface area (Å²) < 4.78 is 7.77. The van der Waals surface area contributed by atoms with Crippen LogP contribution in [0, 0.1) is 6.92 Å². The predicted octanol–water partition coefficient (Wildman–Crippen LogP) is 3.61. The fourth-order valence-corrected chi connectivity index (χ4v) is 2.77. The average molecular weight is 265 g/mol. The molecule has 18 heavy (non-hydrogen) atoms. The number of halogens is 1. The smallest absolute Gasteiger partial charge is 0.128 e. The van der Waals surface area contributed by atoms with Gasteiger partial charge in [0.1, 0.15) is 5.82 Å². The Hall–Kier alpha value is -1.06. The average Bonchev–Trinajstić information content (AvgIpc) is 2.93. The topological polar surface area (TPSA) is 27.1 Å². The zero-order chi connectivity index (χ0) is 12.7. The molecule has 1 aromatic carbocycles. The van der Waals surface area contributed by atoms with Gasteiger partial charge in [-0.2, -0.15) is 0 Å². The van der Waals surface area contributed by atoms with Crippen molar-refractivity contribution in [2.75, 3.05) is 13.2 Å². The normalized spacial score (nSPS) is 21.6. The molecule has 0 aliphatic carbocycles. The molecule has 0 N–H and O–H groups in total. The highest BCUT2D eigenvalue weighted by atomic mass is 35.5. The van der Waals surface area contributed by atoms with Crippen molar-refractivity contribution in [2.45, 2.75) is 31.7 Å². The van der Waals surface area contributed by atoms with E-state index in [1.54, 1.807) is 0 Å². The van der Waals surface area contributed by atoms with Gasteiger partial charge in [0.2, 0.25) is 0 Å². The van der Waals surface area contributed by atoms with E-state index in [1.807, 2.05) is 6.92 Å². The van der Waals surface area contributed by atoms with Crippen LogP contribution in [0.4, 0.5) is 0 Å². The molecule has 2 atom stereocenters. The molecule has 0 amide bonds. The van der Waals surface area contributed by atoms with Gasteiger partial charge in [0.25, 0.3) is 0 Å². The van der Waals surface area contributed by atoms with Crippen LogP contribution >= 0.6 is 11.6 Å². The third kappa shape index (κ3) is 1.91. The number of hydrogen-bond donors (Lipinski definition) is 0. The minimum atomic E-state index is -0.0849. The standard InChI is InChI=1S/C14H17ClN2O/c1-9-3-4-12-13(7-9)17(11-5-6-18-8-11)14(16-12)10(2)15/h3-4,7,10-11H,5-6,8H2,1-2H3. The van der Waals surface area contributed by atoms with Crippen molar-refractivity contribution in [3.8, 4) is 0 Å². The van der Waals surface area contributed by atoms with Crippen LogP contribution in [0.3, 0.4) is 0 Å². The molecule has 1 aliphatic rings. The molecule has 1 aliphatic heterocycles. The van der Waals surface area contributed by atoms with Crippen LogP contribution in [0.15, 0.2) is 18.2 Å². The number of imidazole rings is 1. The Kier molecular flexibility index (Phi) is 3.04. The fourth-order valence-electron chi connectivity index (χ4n) is 2.61. The lowest BCUT2D eigenvalue weighted by molar-refractivity contribution is 0.186. The molecule has 1 fully saturated rings. The molecular formula is C14H17ClN2O. The molecule has 0 saturated carbocycles. The second kappa shape index (κ2) is 4.56. The summed E-state index contributed by atoms with van der Waals surface area (Å²) in [5.74, 6) is 0.952. The minimum Gasteiger partial charge on any atom is -0.379 e. The molecule has 2 unspecified atom stereocenters. The van der Waals surface area contributed by atoms with Gasteiger partial charge in [-0.05, 0) is 38.0 Å². The molecule has 0 radical (unpaired) electrons. The first-order chi connectivity index (χ1) is 8.66. The number of rotatable bonds is 2. The van der Waals surface area contributed by atoms with Crippen molar-refractivity contribution >= 4 is 22.6 Å². The Labute approximate surface area is 112 Å². The van der Waals surface area contributed by atoms with Gasteiger partial charge in [0.15, 0.2) is 0 Å². The molecule has 1 saturated heterocycles.